The van der Waals surface area contributed by atoms with Crippen LogP contribution in [0.2, 0.25) is 0 Å². The molecule has 0 fully saturated rings. The Morgan fingerprint density at radius 3 is 2.50 bits per heavy atom. The number of rotatable bonds is 4. The number of carbonyl (C=O) groups excluding carboxylic acids is 2. The van der Waals surface area contributed by atoms with Crippen molar-refractivity contribution in [3.63, 3.8) is 0 Å². The predicted octanol–water partition coefficient (Wildman–Crippen LogP) is 1.53. The van der Waals surface area contributed by atoms with Crippen molar-refractivity contribution in [1.82, 2.24) is 10.6 Å². The van der Waals surface area contributed by atoms with Crippen molar-refractivity contribution in [1.29, 1.82) is 0 Å². The third kappa shape index (κ3) is 4.20. The van der Waals surface area contributed by atoms with Crippen LogP contribution in [0.1, 0.15) is 31.4 Å². The molecule has 2 amide bonds. The van der Waals surface area contributed by atoms with Crippen LogP contribution in [0.5, 0.6) is 0 Å². The molecule has 1 aromatic rings. The summed E-state index contributed by atoms with van der Waals surface area (Å²) in [6, 6.07) is 7.77. The molecule has 1 aromatic carbocycles. The summed E-state index contributed by atoms with van der Waals surface area (Å²) in [5.41, 5.74) is 2.11. The van der Waals surface area contributed by atoms with Gasteiger partial charge in [-0.05, 0) is 31.4 Å². The number of amides is 2. The molecular weight excluding hydrogens is 228 g/mol. The van der Waals surface area contributed by atoms with Crippen LogP contribution in [0.15, 0.2) is 24.3 Å². The Balaban J connectivity index is 2.46. The van der Waals surface area contributed by atoms with Gasteiger partial charge in [-0.1, -0.05) is 31.2 Å². The summed E-state index contributed by atoms with van der Waals surface area (Å²) < 4.78 is 0. The van der Waals surface area contributed by atoms with Gasteiger partial charge in [0, 0.05) is 12.6 Å². The Bertz CT molecular complexity index is 430. The van der Waals surface area contributed by atoms with Gasteiger partial charge in [0.1, 0.15) is 0 Å². The van der Waals surface area contributed by atoms with Crippen LogP contribution >= 0.6 is 0 Å². The van der Waals surface area contributed by atoms with Crippen molar-refractivity contribution >= 4 is 11.8 Å². The molecule has 98 valence electrons. The molecule has 0 aliphatic heterocycles. The van der Waals surface area contributed by atoms with Crippen molar-refractivity contribution in [3.05, 3.63) is 35.4 Å². The molecule has 1 atom stereocenters. The van der Waals surface area contributed by atoms with E-state index in [-0.39, 0.29) is 6.04 Å². The van der Waals surface area contributed by atoms with Crippen LogP contribution in [-0.4, -0.2) is 17.9 Å². The molecular formula is C14H20N2O2. The largest absolute Gasteiger partial charge is 0.345 e. The monoisotopic (exact) mass is 248 g/mol. The summed E-state index contributed by atoms with van der Waals surface area (Å²) in [7, 11) is 0. The topological polar surface area (TPSA) is 58.2 Å². The number of benzene rings is 1. The molecule has 4 nitrogen and oxygen atoms in total. The second-order valence-corrected chi connectivity index (χ2v) is 4.39. The van der Waals surface area contributed by atoms with E-state index in [0.29, 0.717) is 6.54 Å². The minimum Gasteiger partial charge on any atom is -0.345 e. The fraction of sp³-hybridized carbons (Fsp3) is 0.429. The van der Waals surface area contributed by atoms with Gasteiger partial charge >= 0.3 is 11.8 Å². The first-order valence-electron chi connectivity index (χ1n) is 6.17. The molecule has 4 heteroatoms. The Hall–Kier alpha value is -1.84. The second-order valence-electron chi connectivity index (χ2n) is 4.39. The van der Waals surface area contributed by atoms with Crippen molar-refractivity contribution in [2.24, 2.45) is 0 Å². The number of hydrogen-bond acceptors (Lipinski definition) is 2. The zero-order valence-corrected chi connectivity index (χ0v) is 11.1. The predicted molar refractivity (Wildman–Crippen MR) is 70.9 cm³/mol. The first-order chi connectivity index (χ1) is 8.54. The van der Waals surface area contributed by atoms with Crippen LogP contribution in [-0.2, 0) is 16.1 Å². The molecule has 0 heterocycles. The quantitative estimate of drug-likeness (QED) is 0.794. The smallest absolute Gasteiger partial charge is 0.309 e. The van der Waals surface area contributed by atoms with Crippen LogP contribution in [0, 0.1) is 6.92 Å². The maximum atomic E-state index is 11.6. The molecule has 0 aliphatic rings. The molecule has 0 saturated carbocycles. The van der Waals surface area contributed by atoms with Crippen molar-refractivity contribution < 1.29 is 9.59 Å². The third-order valence-corrected chi connectivity index (χ3v) is 2.90. The van der Waals surface area contributed by atoms with E-state index in [1.807, 2.05) is 45.0 Å². The summed E-state index contributed by atoms with van der Waals surface area (Å²) in [4.78, 5) is 23.1. The summed E-state index contributed by atoms with van der Waals surface area (Å²) in [6.45, 7) is 6.17. The molecule has 0 saturated heterocycles. The lowest BCUT2D eigenvalue weighted by Gasteiger charge is -2.11. The summed E-state index contributed by atoms with van der Waals surface area (Å²) in [6.07, 6.45) is 0.802. The van der Waals surface area contributed by atoms with E-state index < -0.39 is 11.8 Å². The van der Waals surface area contributed by atoms with Crippen molar-refractivity contribution in [2.75, 3.05) is 0 Å². The van der Waals surface area contributed by atoms with Crippen LogP contribution in [0.3, 0.4) is 0 Å². The van der Waals surface area contributed by atoms with Gasteiger partial charge in [-0.15, -0.1) is 0 Å². The van der Waals surface area contributed by atoms with E-state index >= 15 is 0 Å². The molecule has 1 rings (SSSR count). The number of aryl methyl sites for hydroxylation is 1. The highest BCUT2D eigenvalue weighted by Crippen LogP contribution is 2.05. The lowest BCUT2D eigenvalue weighted by molar-refractivity contribution is -0.139. The highest BCUT2D eigenvalue weighted by molar-refractivity contribution is 6.35. The zero-order valence-electron chi connectivity index (χ0n) is 11.1. The van der Waals surface area contributed by atoms with Gasteiger partial charge in [0.05, 0.1) is 0 Å². The van der Waals surface area contributed by atoms with Gasteiger partial charge in [-0.25, -0.2) is 0 Å². The summed E-state index contributed by atoms with van der Waals surface area (Å²) in [5, 5.41) is 5.25. The first kappa shape index (κ1) is 14.2. The van der Waals surface area contributed by atoms with Crippen LogP contribution in [0.25, 0.3) is 0 Å². The molecule has 2 N–H and O–H groups in total. The van der Waals surface area contributed by atoms with E-state index in [1.54, 1.807) is 0 Å². The van der Waals surface area contributed by atoms with Crippen molar-refractivity contribution in [2.45, 2.75) is 39.8 Å². The minimum absolute atomic E-state index is 0.0155. The van der Waals surface area contributed by atoms with Crippen LogP contribution < -0.4 is 10.6 Å². The lowest BCUT2D eigenvalue weighted by atomic mass is 10.1. The van der Waals surface area contributed by atoms with Gasteiger partial charge in [0.25, 0.3) is 0 Å². The van der Waals surface area contributed by atoms with E-state index in [2.05, 4.69) is 10.6 Å². The Kier molecular flexibility index (Phi) is 5.36. The Labute approximate surface area is 108 Å². The molecule has 18 heavy (non-hydrogen) atoms. The Morgan fingerprint density at radius 1 is 1.22 bits per heavy atom. The zero-order chi connectivity index (χ0) is 13.5. The first-order valence-corrected chi connectivity index (χ1v) is 6.17. The fourth-order valence-corrected chi connectivity index (χ4v) is 1.46. The standard InChI is InChI=1S/C14H20N2O2/c1-4-11(3)16-14(18)13(17)15-9-12-8-6-5-7-10(12)2/h5-8,11H,4,9H2,1-3H3,(H,15,17)(H,16,18)/t11-/m0/s1. The van der Waals surface area contributed by atoms with Crippen LogP contribution in [0.4, 0.5) is 0 Å². The third-order valence-electron chi connectivity index (χ3n) is 2.90. The van der Waals surface area contributed by atoms with Gasteiger partial charge in [0.2, 0.25) is 0 Å². The average Bonchev–Trinajstić information content (AvgIpc) is 2.37. The molecule has 0 radical (unpaired) electrons. The minimum atomic E-state index is -0.585. The van der Waals surface area contributed by atoms with Gasteiger partial charge in [-0.2, -0.15) is 0 Å². The molecule has 0 bridgehead atoms. The number of hydrogen-bond donors (Lipinski definition) is 2. The maximum Gasteiger partial charge on any atom is 0.309 e. The molecule has 0 aromatic heterocycles. The lowest BCUT2D eigenvalue weighted by Crippen LogP contribution is -2.43. The summed E-state index contributed by atoms with van der Waals surface area (Å²) >= 11 is 0. The Morgan fingerprint density at radius 2 is 1.89 bits per heavy atom. The fourth-order valence-electron chi connectivity index (χ4n) is 1.46. The van der Waals surface area contributed by atoms with Gasteiger partial charge < -0.3 is 10.6 Å². The van der Waals surface area contributed by atoms with E-state index in [4.69, 9.17) is 0 Å². The highest BCUT2D eigenvalue weighted by Gasteiger charge is 2.14. The molecule has 0 aliphatic carbocycles. The SMILES string of the molecule is CC[C@H](C)NC(=O)C(=O)NCc1ccccc1C. The van der Waals surface area contributed by atoms with Gasteiger partial charge in [-0.3, -0.25) is 9.59 Å². The average molecular weight is 248 g/mol. The van der Waals surface area contributed by atoms with E-state index in [1.165, 1.54) is 0 Å². The summed E-state index contributed by atoms with van der Waals surface area (Å²) in [5.74, 6) is -1.16. The number of carbonyl (C=O) groups is 2. The molecule has 0 unspecified atom stereocenters. The number of nitrogens with one attached hydrogen (secondary N) is 2. The van der Waals surface area contributed by atoms with Crippen molar-refractivity contribution in [3.8, 4) is 0 Å². The highest BCUT2D eigenvalue weighted by atomic mass is 16.2. The maximum absolute atomic E-state index is 11.6. The van der Waals surface area contributed by atoms with Gasteiger partial charge in [0.15, 0.2) is 0 Å². The molecule has 0 spiro atoms. The second kappa shape index (κ2) is 6.79. The van der Waals surface area contributed by atoms with E-state index in [9.17, 15) is 9.59 Å². The normalized spacial score (nSPS) is 11.7. The van der Waals surface area contributed by atoms with E-state index in [0.717, 1.165) is 17.5 Å².